The van der Waals surface area contributed by atoms with Gasteiger partial charge in [-0.2, -0.15) is 5.10 Å². The molecule has 0 atom stereocenters. The minimum absolute atomic E-state index is 0.616. The van der Waals surface area contributed by atoms with Crippen molar-refractivity contribution in [3.8, 4) is 17.2 Å². The highest BCUT2D eigenvalue weighted by atomic mass is 16.5. The van der Waals surface area contributed by atoms with E-state index in [0.29, 0.717) is 6.54 Å². The van der Waals surface area contributed by atoms with Gasteiger partial charge in [-0.25, -0.2) is 9.67 Å². The fourth-order valence-corrected chi connectivity index (χ4v) is 3.39. The van der Waals surface area contributed by atoms with Crippen molar-refractivity contribution in [1.29, 1.82) is 0 Å². The molecule has 0 saturated carbocycles. The number of fused-ring (bicyclic) bond motifs is 1. The van der Waals surface area contributed by atoms with Gasteiger partial charge in [0.15, 0.2) is 5.65 Å². The normalized spacial score (nSPS) is 11.0. The first-order valence-corrected chi connectivity index (χ1v) is 9.46. The molecule has 0 fully saturated rings. The number of ether oxygens (including phenoxy) is 2. The van der Waals surface area contributed by atoms with E-state index in [-0.39, 0.29) is 0 Å². The number of rotatable bonds is 5. The quantitative estimate of drug-likeness (QED) is 0.498. The van der Waals surface area contributed by atoms with Gasteiger partial charge in [0.1, 0.15) is 17.2 Å². The molecule has 2 aromatic carbocycles. The molecule has 4 aromatic rings. The molecule has 29 heavy (non-hydrogen) atoms. The van der Waals surface area contributed by atoms with Gasteiger partial charge in [-0.3, -0.25) is 0 Å². The van der Waals surface area contributed by atoms with E-state index < -0.39 is 0 Å². The molecule has 0 aliphatic carbocycles. The van der Waals surface area contributed by atoms with Gasteiger partial charge in [0.05, 0.1) is 24.7 Å². The van der Waals surface area contributed by atoms with E-state index in [1.807, 2.05) is 67.9 Å². The first-order chi connectivity index (χ1) is 14.0. The summed E-state index contributed by atoms with van der Waals surface area (Å²) in [6.07, 6.45) is 1.75. The van der Waals surface area contributed by atoms with Crippen LogP contribution in [0.15, 0.2) is 48.7 Å². The number of nitrogen functional groups attached to an aromatic ring is 1. The monoisotopic (exact) mass is 388 g/mol. The second-order valence-electron chi connectivity index (χ2n) is 7.18. The number of aromatic nitrogens is 3. The summed E-state index contributed by atoms with van der Waals surface area (Å²) < 4.78 is 13.4. The highest BCUT2D eigenvalue weighted by Crippen LogP contribution is 2.34. The third-order valence-electron chi connectivity index (χ3n) is 5.04. The molecule has 0 aliphatic heterocycles. The fraction of sp³-hybridized carbons (Fsp3) is 0.217. The maximum Gasteiger partial charge on any atom is 0.162 e. The number of anilines is 1. The first kappa shape index (κ1) is 18.8. The number of benzene rings is 2. The van der Waals surface area contributed by atoms with Gasteiger partial charge in [-0.1, -0.05) is 12.1 Å². The molecule has 0 spiro atoms. The lowest BCUT2D eigenvalue weighted by Crippen LogP contribution is -2.03. The maximum atomic E-state index is 6.27. The Labute approximate surface area is 169 Å². The zero-order chi connectivity index (χ0) is 20.5. The molecular formula is C23H24N4O2. The van der Waals surface area contributed by atoms with Crippen LogP contribution < -0.4 is 15.2 Å². The van der Waals surface area contributed by atoms with E-state index in [1.165, 1.54) is 0 Å². The summed E-state index contributed by atoms with van der Waals surface area (Å²) in [6.45, 7) is 6.55. The van der Waals surface area contributed by atoms with Crippen molar-refractivity contribution in [2.24, 2.45) is 0 Å². The maximum absolute atomic E-state index is 6.27. The summed E-state index contributed by atoms with van der Waals surface area (Å²) in [5.74, 6) is 2.35. The summed E-state index contributed by atoms with van der Waals surface area (Å²) in [4.78, 5) is 4.56. The van der Waals surface area contributed by atoms with Crippen molar-refractivity contribution in [3.63, 3.8) is 0 Å². The van der Waals surface area contributed by atoms with Crippen molar-refractivity contribution in [2.75, 3.05) is 12.8 Å². The molecule has 6 heteroatoms. The summed E-state index contributed by atoms with van der Waals surface area (Å²) in [5, 5.41) is 5.62. The molecule has 0 amide bonds. The predicted molar refractivity (Wildman–Crippen MR) is 115 cm³/mol. The minimum atomic E-state index is 0.616. The van der Waals surface area contributed by atoms with E-state index in [4.69, 9.17) is 20.3 Å². The van der Waals surface area contributed by atoms with Crippen LogP contribution in [0.3, 0.4) is 0 Å². The summed E-state index contributed by atoms with van der Waals surface area (Å²) in [7, 11) is 1.66. The van der Waals surface area contributed by atoms with Crippen LogP contribution in [0.25, 0.3) is 11.0 Å². The van der Waals surface area contributed by atoms with Gasteiger partial charge in [-0.15, -0.1) is 0 Å². The molecule has 0 bridgehead atoms. The number of hydrogen-bond donors (Lipinski definition) is 1. The number of methoxy groups -OCH3 is 1. The molecule has 0 saturated heterocycles. The van der Waals surface area contributed by atoms with E-state index in [2.05, 4.69) is 4.98 Å². The minimum Gasteiger partial charge on any atom is -0.497 e. The summed E-state index contributed by atoms with van der Waals surface area (Å²) in [5.41, 5.74) is 11.5. The molecule has 2 aromatic heterocycles. The summed E-state index contributed by atoms with van der Waals surface area (Å²) in [6, 6.07) is 13.7. The molecule has 4 rings (SSSR count). The molecule has 0 aliphatic rings. The summed E-state index contributed by atoms with van der Waals surface area (Å²) >= 11 is 0. The number of nitrogens with two attached hydrogens (primary N) is 1. The number of nitrogens with zero attached hydrogens (tertiary/aromatic N) is 3. The van der Waals surface area contributed by atoms with E-state index >= 15 is 0 Å². The highest BCUT2D eigenvalue weighted by molar-refractivity contribution is 5.85. The zero-order valence-electron chi connectivity index (χ0n) is 17.1. The van der Waals surface area contributed by atoms with Crippen molar-refractivity contribution in [3.05, 3.63) is 71.0 Å². The standard InChI is InChI=1S/C23H24N4O2/c1-14-12-21(15(2)11-19(14)24)29-20-9-10-25-23-22(20)16(3)26-27(23)13-17-5-7-18(28-4)8-6-17/h5-12H,13,24H2,1-4H3. The number of pyridine rings is 1. The van der Waals surface area contributed by atoms with Gasteiger partial charge >= 0.3 is 0 Å². The Kier molecular flexibility index (Phi) is 4.84. The average Bonchev–Trinajstić information content (AvgIpc) is 3.03. The topological polar surface area (TPSA) is 75.2 Å². The van der Waals surface area contributed by atoms with Crippen LogP contribution in [0.1, 0.15) is 22.4 Å². The number of hydrogen-bond acceptors (Lipinski definition) is 5. The highest BCUT2D eigenvalue weighted by Gasteiger charge is 2.16. The Hall–Kier alpha value is -3.54. The Bertz CT molecular complexity index is 1180. The lowest BCUT2D eigenvalue weighted by Gasteiger charge is -2.12. The van der Waals surface area contributed by atoms with Crippen LogP contribution in [0, 0.1) is 20.8 Å². The van der Waals surface area contributed by atoms with Gasteiger partial charge in [0.2, 0.25) is 0 Å². The second-order valence-corrected chi connectivity index (χ2v) is 7.18. The molecule has 0 unspecified atom stereocenters. The SMILES string of the molecule is COc1ccc(Cn2nc(C)c3c(Oc4cc(C)c(N)cc4C)ccnc32)cc1. The van der Waals surface area contributed by atoms with Crippen molar-refractivity contribution < 1.29 is 9.47 Å². The molecule has 0 radical (unpaired) electrons. The van der Waals surface area contributed by atoms with Gasteiger partial charge in [-0.05, 0) is 67.8 Å². The Morgan fingerprint density at radius 3 is 2.45 bits per heavy atom. The first-order valence-electron chi connectivity index (χ1n) is 9.46. The second kappa shape index (κ2) is 7.47. The third-order valence-corrected chi connectivity index (χ3v) is 5.04. The van der Waals surface area contributed by atoms with Crippen molar-refractivity contribution in [2.45, 2.75) is 27.3 Å². The molecule has 2 N–H and O–H groups in total. The van der Waals surface area contributed by atoms with Crippen molar-refractivity contribution in [1.82, 2.24) is 14.8 Å². The predicted octanol–water partition coefficient (Wildman–Crippen LogP) is 4.79. The van der Waals surface area contributed by atoms with E-state index in [0.717, 1.165) is 56.4 Å². The van der Waals surface area contributed by atoms with Gasteiger partial charge in [0.25, 0.3) is 0 Å². The molecular weight excluding hydrogens is 364 g/mol. The fourth-order valence-electron chi connectivity index (χ4n) is 3.39. The van der Waals surface area contributed by atoms with E-state index in [9.17, 15) is 0 Å². The van der Waals surface area contributed by atoms with Crippen LogP contribution in [-0.4, -0.2) is 21.9 Å². The molecule has 6 nitrogen and oxygen atoms in total. The average molecular weight is 388 g/mol. The lowest BCUT2D eigenvalue weighted by atomic mass is 10.1. The molecule has 148 valence electrons. The van der Waals surface area contributed by atoms with Crippen LogP contribution in [0.2, 0.25) is 0 Å². The smallest absolute Gasteiger partial charge is 0.162 e. The Balaban J connectivity index is 1.71. The third kappa shape index (κ3) is 3.61. The Morgan fingerprint density at radius 1 is 0.966 bits per heavy atom. The van der Waals surface area contributed by atoms with Crippen LogP contribution in [-0.2, 0) is 6.54 Å². The lowest BCUT2D eigenvalue weighted by molar-refractivity contribution is 0.414. The molecule has 2 heterocycles. The van der Waals surface area contributed by atoms with Gasteiger partial charge in [0, 0.05) is 11.9 Å². The number of aryl methyl sites for hydroxylation is 3. The van der Waals surface area contributed by atoms with Crippen LogP contribution in [0.5, 0.6) is 17.2 Å². The van der Waals surface area contributed by atoms with Crippen LogP contribution >= 0.6 is 0 Å². The van der Waals surface area contributed by atoms with Crippen molar-refractivity contribution >= 4 is 16.7 Å². The Morgan fingerprint density at radius 2 is 1.72 bits per heavy atom. The zero-order valence-corrected chi connectivity index (χ0v) is 17.1. The van der Waals surface area contributed by atoms with E-state index in [1.54, 1.807) is 13.3 Å². The van der Waals surface area contributed by atoms with Gasteiger partial charge < -0.3 is 15.2 Å². The largest absolute Gasteiger partial charge is 0.497 e. The van der Waals surface area contributed by atoms with Crippen LogP contribution in [0.4, 0.5) is 5.69 Å².